The molecular weight excluding hydrogens is 334 g/mol. The number of carbonyl (C=O) groups is 2. The topological polar surface area (TPSA) is 93.9 Å². The summed E-state index contributed by atoms with van der Waals surface area (Å²) in [5.41, 5.74) is 7.64. The summed E-state index contributed by atoms with van der Waals surface area (Å²) in [6.07, 6.45) is 4.56. The van der Waals surface area contributed by atoms with Crippen LogP contribution < -0.4 is 20.5 Å². The lowest BCUT2D eigenvalue weighted by atomic mass is 9.71. The van der Waals surface area contributed by atoms with Crippen LogP contribution in [-0.2, 0) is 10.2 Å². The number of benzene rings is 1. The molecule has 26 heavy (non-hydrogen) atoms. The lowest BCUT2D eigenvalue weighted by molar-refractivity contribution is -0.122. The van der Waals surface area contributed by atoms with Crippen molar-refractivity contribution in [3.8, 4) is 11.5 Å². The van der Waals surface area contributed by atoms with Crippen molar-refractivity contribution < 1.29 is 19.1 Å². The average molecular weight is 359 g/mol. The molecule has 1 aromatic rings. The number of rotatable bonds is 2. The summed E-state index contributed by atoms with van der Waals surface area (Å²) < 4.78 is 11.6. The number of urea groups is 1. The molecule has 0 radical (unpaired) electrons. The lowest BCUT2D eigenvalue weighted by Crippen LogP contribution is -2.50. The molecule has 3 amide bonds. The van der Waals surface area contributed by atoms with E-state index in [0.717, 1.165) is 30.9 Å². The highest BCUT2D eigenvalue weighted by molar-refractivity contribution is 5.94. The van der Waals surface area contributed by atoms with Gasteiger partial charge in [0.05, 0.1) is 6.54 Å². The number of primary amides is 1. The Morgan fingerprint density at radius 1 is 1.23 bits per heavy atom. The van der Waals surface area contributed by atoms with Gasteiger partial charge in [-0.05, 0) is 43.0 Å². The first kappa shape index (κ1) is 17.1. The van der Waals surface area contributed by atoms with Gasteiger partial charge in [0.15, 0.2) is 11.5 Å². The molecule has 0 saturated heterocycles. The molecule has 1 atom stereocenters. The van der Waals surface area contributed by atoms with Gasteiger partial charge in [-0.2, -0.15) is 0 Å². The molecule has 7 heteroatoms. The number of fused-ring (bicyclic) bond motifs is 3. The Labute approximate surface area is 152 Å². The number of ether oxygens (including phenoxy) is 2. The van der Waals surface area contributed by atoms with Crippen molar-refractivity contribution in [3.63, 3.8) is 0 Å². The van der Waals surface area contributed by atoms with E-state index < -0.39 is 6.03 Å². The Hall–Kier alpha value is -2.28. The third kappa shape index (κ3) is 2.90. The Kier molecular flexibility index (Phi) is 4.26. The molecule has 1 aromatic carbocycles. The number of nitrogens with zero attached hydrogens (tertiary/aromatic N) is 1. The molecule has 3 aliphatic rings. The molecule has 140 valence electrons. The van der Waals surface area contributed by atoms with Gasteiger partial charge >= 0.3 is 6.03 Å². The van der Waals surface area contributed by atoms with E-state index in [4.69, 9.17) is 15.2 Å². The maximum absolute atomic E-state index is 12.1. The first-order chi connectivity index (χ1) is 12.5. The fourth-order valence-electron chi connectivity index (χ4n) is 4.75. The van der Waals surface area contributed by atoms with Crippen LogP contribution in [0.5, 0.6) is 11.5 Å². The van der Waals surface area contributed by atoms with E-state index in [0.29, 0.717) is 13.2 Å². The highest BCUT2D eigenvalue weighted by atomic mass is 16.6. The number of amides is 3. The smallest absolute Gasteiger partial charge is 0.318 e. The molecule has 4 rings (SSSR count). The molecule has 1 saturated carbocycles. The fraction of sp³-hybridized carbons (Fsp3) is 0.579. The van der Waals surface area contributed by atoms with Crippen molar-refractivity contribution in [1.82, 2.24) is 10.2 Å². The third-order valence-electron chi connectivity index (χ3n) is 5.96. The van der Waals surface area contributed by atoms with E-state index in [1.54, 1.807) is 0 Å². The molecule has 2 aliphatic heterocycles. The van der Waals surface area contributed by atoms with Gasteiger partial charge in [-0.15, -0.1) is 0 Å². The predicted octanol–water partition coefficient (Wildman–Crippen LogP) is 1.84. The second-order valence-corrected chi connectivity index (χ2v) is 7.56. The number of hydrogen-bond donors (Lipinski definition) is 2. The first-order valence-corrected chi connectivity index (χ1v) is 9.26. The number of nitrogens with two attached hydrogens (primary N) is 1. The van der Waals surface area contributed by atoms with Gasteiger partial charge in [0.2, 0.25) is 5.91 Å². The highest BCUT2D eigenvalue weighted by Crippen LogP contribution is 2.51. The van der Waals surface area contributed by atoms with Crippen LogP contribution in [0, 0.1) is 0 Å². The van der Waals surface area contributed by atoms with Crippen molar-refractivity contribution in [2.75, 3.05) is 26.3 Å². The summed E-state index contributed by atoms with van der Waals surface area (Å²) in [5.74, 6) is 1.24. The largest absolute Gasteiger partial charge is 0.486 e. The standard InChI is InChI=1S/C19H25N3O4/c1-12-13-8-15-16(26-7-6-25-15)9-14(13)19(4-2-3-5-19)11-22(12)10-17(23)21-18(20)24/h8-9,12H,2-7,10-11H2,1H3,(H3,20,21,23,24)/t12-/m0/s1. The SMILES string of the molecule is C[C@H]1c2cc3c(cc2C2(CCCC2)CN1CC(=O)NC(N)=O)OCCO3. The summed E-state index contributed by atoms with van der Waals surface area (Å²) in [6.45, 7) is 4.17. The zero-order valence-corrected chi connectivity index (χ0v) is 15.0. The van der Waals surface area contributed by atoms with E-state index >= 15 is 0 Å². The summed E-state index contributed by atoms with van der Waals surface area (Å²) in [4.78, 5) is 25.2. The van der Waals surface area contributed by atoms with E-state index in [2.05, 4.69) is 29.3 Å². The maximum atomic E-state index is 12.1. The zero-order valence-electron chi connectivity index (χ0n) is 15.0. The van der Waals surface area contributed by atoms with Crippen molar-refractivity contribution in [3.05, 3.63) is 23.3 Å². The molecule has 1 aliphatic carbocycles. The summed E-state index contributed by atoms with van der Waals surface area (Å²) in [6, 6.07) is 3.47. The van der Waals surface area contributed by atoms with Crippen LogP contribution in [0.25, 0.3) is 0 Å². The van der Waals surface area contributed by atoms with Gasteiger partial charge in [-0.25, -0.2) is 4.79 Å². The number of hydrogen-bond acceptors (Lipinski definition) is 5. The molecule has 2 heterocycles. The van der Waals surface area contributed by atoms with Crippen molar-refractivity contribution in [1.29, 1.82) is 0 Å². The van der Waals surface area contributed by atoms with Gasteiger partial charge in [-0.1, -0.05) is 12.8 Å². The van der Waals surface area contributed by atoms with E-state index in [9.17, 15) is 9.59 Å². The Morgan fingerprint density at radius 2 is 1.88 bits per heavy atom. The van der Waals surface area contributed by atoms with E-state index in [1.165, 1.54) is 24.0 Å². The van der Waals surface area contributed by atoms with E-state index in [-0.39, 0.29) is 23.9 Å². The zero-order chi connectivity index (χ0) is 18.3. The van der Waals surface area contributed by atoms with Crippen LogP contribution in [0.15, 0.2) is 12.1 Å². The number of nitrogens with one attached hydrogen (secondary N) is 1. The monoisotopic (exact) mass is 359 g/mol. The minimum Gasteiger partial charge on any atom is -0.486 e. The lowest BCUT2D eigenvalue weighted by Gasteiger charge is -2.46. The molecule has 0 bridgehead atoms. The van der Waals surface area contributed by atoms with Crippen LogP contribution in [0.2, 0.25) is 0 Å². The Balaban J connectivity index is 1.70. The van der Waals surface area contributed by atoms with Crippen molar-refractivity contribution >= 4 is 11.9 Å². The third-order valence-corrected chi connectivity index (χ3v) is 5.96. The molecule has 0 unspecified atom stereocenters. The highest BCUT2D eigenvalue weighted by Gasteiger charge is 2.45. The molecule has 3 N–H and O–H groups in total. The summed E-state index contributed by atoms with van der Waals surface area (Å²) in [5, 5.41) is 2.18. The molecule has 1 fully saturated rings. The first-order valence-electron chi connectivity index (χ1n) is 9.26. The average Bonchev–Trinajstić information content (AvgIpc) is 3.07. The van der Waals surface area contributed by atoms with Crippen LogP contribution in [-0.4, -0.2) is 43.1 Å². The van der Waals surface area contributed by atoms with Crippen LogP contribution in [0.4, 0.5) is 4.79 Å². The van der Waals surface area contributed by atoms with Crippen LogP contribution in [0.3, 0.4) is 0 Å². The van der Waals surface area contributed by atoms with Crippen LogP contribution >= 0.6 is 0 Å². The second-order valence-electron chi connectivity index (χ2n) is 7.56. The molecule has 1 spiro atoms. The normalized spacial score (nSPS) is 23.5. The van der Waals surface area contributed by atoms with Gasteiger partial charge in [0.1, 0.15) is 13.2 Å². The van der Waals surface area contributed by atoms with Gasteiger partial charge < -0.3 is 15.2 Å². The summed E-state index contributed by atoms with van der Waals surface area (Å²) in [7, 11) is 0. The molecular formula is C19H25N3O4. The molecule has 7 nitrogen and oxygen atoms in total. The minimum absolute atomic E-state index is 0.0324. The fourth-order valence-corrected chi connectivity index (χ4v) is 4.75. The minimum atomic E-state index is -0.810. The van der Waals surface area contributed by atoms with Gasteiger partial charge in [0.25, 0.3) is 0 Å². The van der Waals surface area contributed by atoms with Gasteiger partial charge in [0, 0.05) is 18.0 Å². The summed E-state index contributed by atoms with van der Waals surface area (Å²) >= 11 is 0. The second kappa shape index (κ2) is 6.46. The predicted molar refractivity (Wildman–Crippen MR) is 95.3 cm³/mol. The quantitative estimate of drug-likeness (QED) is 0.840. The Bertz CT molecular complexity index is 743. The number of carbonyl (C=O) groups excluding carboxylic acids is 2. The van der Waals surface area contributed by atoms with Crippen molar-refractivity contribution in [2.24, 2.45) is 5.73 Å². The van der Waals surface area contributed by atoms with E-state index in [1.807, 2.05) is 0 Å². The number of imide groups is 1. The molecule has 0 aromatic heterocycles. The van der Waals surface area contributed by atoms with Crippen molar-refractivity contribution in [2.45, 2.75) is 44.1 Å². The Morgan fingerprint density at radius 3 is 2.54 bits per heavy atom. The van der Waals surface area contributed by atoms with Gasteiger partial charge in [-0.3, -0.25) is 15.0 Å². The maximum Gasteiger partial charge on any atom is 0.318 e. The van der Waals surface area contributed by atoms with Crippen LogP contribution in [0.1, 0.15) is 49.8 Å².